The van der Waals surface area contributed by atoms with Crippen LogP contribution in [0.4, 0.5) is 0 Å². The van der Waals surface area contributed by atoms with Crippen molar-refractivity contribution in [1.29, 1.82) is 0 Å². The van der Waals surface area contributed by atoms with E-state index < -0.39 is 10.0 Å². The summed E-state index contributed by atoms with van der Waals surface area (Å²) in [6.07, 6.45) is 1.45. The summed E-state index contributed by atoms with van der Waals surface area (Å²) in [5.41, 5.74) is 0.833. The van der Waals surface area contributed by atoms with Crippen LogP contribution in [0, 0.1) is 13.8 Å². The quantitative estimate of drug-likeness (QED) is 0.874. The molecule has 2 aromatic rings. The van der Waals surface area contributed by atoms with Gasteiger partial charge in [-0.15, -0.1) is 11.3 Å². The number of halogens is 1. The average molecular weight is 332 g/mol. The molecule has 0 aromatic carbocycles. The predicted molar refractivity (Wildman–Crippen MR) is 79.6 cm³/mol. The number of nitrogens with zero attached hydrogens (tertiary/aromatic N) is 2. The number of nitrogens with one attached hydrogen (secondary N) is 1. The highest BCUT2D eigenvalue weighted by Crippen LogP contribution is 2.27. The number of aromatic nitrogens is 2. The van der Waals surface area contributed by atoms with Crippen molar-refractivity contribution in [2.24, 2.45) is 0 Å². The highest BCUT2D eigenvalue weighted by Gasteiger charge is 2.23. The molecule has 2 aromatic heterocycles. The standard InChI is InChI=1S/C12H14ClN3O2S2/c1-7-11(19-9(3)15-7)8(2)16-20(17,18)10-5-4-6-14-12(10)13/h4-6,8,16H,1-3H3. The van der Waals surface area contributed by atoms with Crippen LogP contribution in [0.2, 0.25) is 5.15 Å². The third-order valence-corrected chi connectivity index (χ3v) is 5.92. The molecule has 0 aliphatic rings. The van der Waals surface area contributed by atoms with Gasteiger partial charge >= 0.3 is 0 Å². The maximum atomic E-state index is 12.3. The topological polar surface area (TPSA) is 72.0 Å². The van der Waals surface area contributed by atoms with E-state index in [1.807, 2.05) is 13.8 Å². The van der Waals surface area contributed by atoms with Crippen LogP contribution in [0.25, 0.3) is 0 Å². The SMILES string of the molecule is Cc1nc(C)c(C(C)NS(=O)(=O)c2cccnc2Cl)s1. The first kappa shape index (κ1) is 15.4. The van der Waals surface area contributed by atoms with Gasteiger partial charge in [0.15, 0.2) is 0 Å². The first-order valence-corrected chi connectivity index (χ1v) is 8.56. The maximum absolute atomic E-state index is 12.3. The molecule has 0 aliphatic carbocycles. The molecule has 2 heterocycles. The Hall–Kier alpha value is -1.02. The minimum atomic E-state index is -3.71. The number of thiazole rings is 1. The van der Waals surface area contributed by atoms with Gasteiger partial charge in [-0.25, -0.2) is 23.1 Å². The number of sulfonamides is 1. The van der Waals surface area contributed by atoms with Crippen LogP contribution in [0.5, 0.6) is 0 Å². The molecule has 20 heavy (non-hydrogen) atoms. The zero-order chi connectivity index (χ0) is 14.9. The Morgan fingerprint density at radius 2 is 2.10 bits per heavy atom. The zero-order valence-electron chi connectivity index (χ0n) is 11.2. The van der Waals surface area contributed by atoms with Crippen LogP contribution in [0.3, 0.4) is 0 Å². The summed E-state index contributed by atoms with van der Waals surface area (Å²) in [5, 5.41) is 0.868. The van der Waals surface area contributed by atoms with Crippen LogP contribution < -0.4 is 4.72 Å². The Morgan fingerprint density at radius 1 is 1.40 bits per heavy atom. The molecule has 2 rings (SSSR count). The van der Waals surface area contributed by atoms with Gasteiger partial charge in [-0.05, 0) is 32.9 Å². The minimum absolute atomic E-state index is 0.0209. The van der Waals surface area contributed by atoms with Gasteiger partial charge in [-0.3, -0.25) is 0 Å². The second-order valence-corrected chi connectivity index (χ2v) is 7.59. The second-order valence-electron chi connectivity index (χ2n) is 4.32. The zero-order valence-corrected chi connectivity index (χ0v) is 13.6. The van der Waals surface area contributed by atoms with E-state index in [2.05, 4.69) is 14.7 Å². The largest absolute Gasteiger partial charge is 0.247 e. The van der Waals surface area contributed by atoms with E-state index in [-0.39, 0.29) is 16.1 Å². The molecule has 8 heteroatoms. The molecule has 108 valence electrons. The fourth-order valence-corrected chi connectivity index (χ4v) is 4.54. The van der Waals surface area contributed by atoms with Gasteiger partial charge < -0.3 is 0 Å². The molecule has 5 nitrogen and oxygen atoms in total. The van der Waals surface area contributed by atoms with Crippen LogP contribution in [-0.4, -0.2) is 18.4 Å². The van der Waals surface area contributed by atoms with E-state index in [1.54, 1.807) is 6.92 Å². The third kappa shape index (κ3) is 3.17. The van der Waals surface area contributed by atoms with Gasteiger partial charge in [-0.2, -0.15) is 0 Å². The van der Waals surface area contributed by atoms with Crippen LogP contribution >= 0.6 is 22.9 Å². The van der Waals surface area contributed by atoms with Crippen molar-refractivity contribution in [3.8, 4) is 0 Å². The fourth-order valence-electron chi connectivity index (χ4n) is 1.87. The van der Waals surface area contributed by atoms with Crippen LogP contribution in [0.15, 0.2) is 23.2 Å². The van der Waals surface area contributed by atoms with Crippen molar-refractivity contribution in [3.05, 3.63) is 39.1 Å². The van der Waals surface area contributed by atoms with Crippen molar-refractivity contribution < 1.29 is 8.42 Å². The highest BCUT2D eigenvalue weighted by atomic mass is 35.5. The highest BCUT2D eigenvalue weighted by molar-refractivity contribution is 7.89. The monoisotopic (exact) mass is 331 g/mol. The molecular formula is C12H14ClN3O2S2. The number of hydrogen-bond acceptors (Lipinski definition) is 5. The minimum Gasteiger partial charge on any atom is -0.247 e. The normalized spacial score (nSPS) is 13.4. The Labute approximate surface area is 127 Å². The van der Waals surface area contributed by atoms with E-state index in [9.17, 15) is 8.42 Å². The van der Waals surface area contributed by atoms with Gasteiger partial charge in [0, 0.05) is 11.1 Å². The van der Waals surface area contributed by atoms with Crippen LogP contribution in [-0.2, 0) is 10.0 Å². The maximum Gasteiger partial charge on any atom is 0.244 e. The Bertz CT molecular complexity index is 728. The number of pyridine rings is 1. The summed E-state index contributed by atoms with van der Waals surface area (Å²) in [4.78, 5) is 8.95. The molecular weight excluding hydrogens is 318 g/mol. The van der Waals surface area contributed by atoms with E-state index in [4.69, 9.17) is 11.6 Å². The summed E-state index contributed by atoms with van der Waals surface area (Å²) in [6, 6.07) is 2.59. The molecule has 1 N–H and O–H groups in total. The van der Waals surface area contributed by atoms with Gasteiger partial charge in [0.2, 0.25) is 10.0 Å². The molecule has 0 bridgehead atoms. The van der Waals surface area contributed by atoms with Gasteiger partial charge in [0.1, 0.15) is 10.0 Å². The fraction of sp³-hybridized carbons (Fsp3) is 0.333. The number of aryl methyl sites for hydroxylation is 2. The van der Waals surface area contributed by atoms with Crippen molar-refractivity contribution in [3.63, 3.8) is 0 Å². The summed E-state index contributed by atoms with van der Waals surface area (Å²) < 4.78 is 27.2. The Balaban J connectivity index is 2.29. The molecule has 1 atom stereocenters. The first-order valence-electron chi connectivity index (χ1n) is 5.88. The van der Waals surface area contributed by atoms with E-state index in [0.717, 1.165) is 15.6 Å². The van der Waals surface area contributed by atoms with Crippen molar-refractivity contribution in [2.75, 3.05) is 0 Å². The van der Waals surface area contributed by atoms with Gasteiger partial charge in [0.05, 0.1) is 16.7 Å². The third-order valence-electron chi connectivity index (χ3n) is 2.68. The lowest BCUT2D eigenvalue weighted by Gasteiger charge is -2.13. The molecule has 0 aliphatic heterocycles. The lowest BCUT2D eigenvalue weighted by atomic mass is 10.2. The summed E-state index contributed by atoms with van der Waals surface area (Å²) in [5.74, 6) is 0. The Morgan fingerprint density at radius 3 is 2.65 bits per heavy atom. The molecule has 0 fully saturated rings. The summed E-state index contributed by atoms with van der Waals surface area (Å²) in [6.45, 7) is 5.53. The Kier molecular flexibility index (Phi) is 4.43. The predicted octanol–water partition coefficient (Wildman–Crippen LogP) is 2.85. The lowest BCUT2D eigenvalue weighted by molar-refractivity contribution is 0.567. The van der Waals surface area contributed by atoms with Crippen LogP contribution in [0.1, 0.15) is 28.5 Å². The van der Waals surface area contributed by atoms with Gasteiger partial charge in [-0.1, -0.05) is 11.6 Å². The van der Waals surface area contributed by atoms with Crippen molar-refractivity contribution >= 4 is 33.0 Å². The number of hydrogen-bond donors (Lipinski definition) is 1. The van der Waals surface area contributed by atoms with E-state index >= 15 is 0 Å². The summed E-state index contributed by atoms with van der Waals surface area (Å²) >= 11 is 7.31. The summed E-state index contributed by atoms with van der Waals surface area (Å²) in [7, 11) is -3.71. The lowest BCUT2D eigenvalue weighted by Crippen LogP contribution is -2.27. The van der Waals surface area contributed by atoms with Gasteiger partial charge in [0.25, 0.3) is 0 Å². The molecule has 1 unspecified atom stereocenters. The molecule has 0 saturated carbocycles. The molecule has 0 radical (unpaired) electrons. The smallest absolute Gasteiger partial charge is 0.244 e. The molecule has 0 spiro atoms. The average Bonchev–Trinajstić information content (AvgIpc) is 2.68. The first-order chi connectivity index (χ1) is 9.31. The number of rotatable bonds is 4. The van der Waals surface area contributed by atoms with Crippen molar-refractivity contribution in [1.82, 2.24) is 14.7 Å². The molecule has 0 amide bonds. The van der Waals surface area contributed by atoms with E-state index in [0.29, 0.717) is 0 Å². The van der Waals surface area contributed by atoms with Crippen molar-refractivity contribution in [2.45, 2.75) is 31.7 Å². The van der Waals surface area contributed by atoms with E-state index in [1.165, 1.54) is 29.7 Å². The second kappa shape index (κ2) is 5.77. The molecule has 0 saturated heterocycles.